The van der Waals surface area contributed by atoms with Crippen molar-refractivity contribution in [2.24, 2.45) is 0 Å². The highest BCUT2D eigenvalue weighted by Crippen LogP contribution is 2.39. The van der Waals surface area contributed by atoms with Gasteiger partial charge in [-0.1, -0.05) is 67.9 Å². The smallest absolute Gasteiger partial charge is 0.295 e. The highest BCUT2D eigenvalue weighted by atomic mass is 35.5. The first kappa shape index (κ1) is 21.1. The number of carbonyl (C=O) groups is 2. The van der Waals surface area contributed by atoms with Crippen LogP contribution in [-0.2, 0) is 9.59 Å². The maximum atomic E-state index is 12.9. The molecule has 1 aliphatic heterocycles. The fourth-order valence-corrected chi connectivity index (χ4v) is 3.77. The molecule has 152 valence electrons. The molecule has 0 aromatic heterocycles. The number of halogens is 1. The molecule has 1 heterocycles. The van der Waals surface area contributed by atoms with E-state index in [2.05, 4.69) is 18.7 Å². The molecule has 1 atom stereocenters. The molecule has 0 radical (unpaired) electrons. The molecular weight excluding hydrogens is 388 g/mol. The molecule has 0 bridgehead atoms. The van der Waals surface area contributed by atoms with Crippen LogP contribution in [0.5, 0.6) is 0 Å². The number of nitrogens with zero attached hydrogens (tertiary/aromatic N) is 2. The van der Waals surface area contributed by atoms with E-state index in [4.69, 9.17) is 11.6 Å². The molecule has 1 amide bonds. The Bertz CT molecular complexity index is 905. The lowest BCUT2D eigenvalue weighted by Gasteiger charge is -2.28. The van der Waals surface area contributed by atoms with Crippen LogP contribution in [0.1, 0.15) is 31.0 Å². The van der Waals surface area contributed by atoms with Gasteiger partial charge in [0, 0.05) is 23.7 Å². The third-order valence-corrected chi connectivity index (χ3v) is 5.58. The van der Waals surface area contributed by atoms with Crippen LogP contribution in [0.3, 0.4) is 0 Å². The van der Waals surface area contributed by atoms with Gasteiger partial charge in [0.15, 0.2) is 0 Å². The van der Waals surface area contributed by atoms with Crippen molar-refractivity contribution in [2.75, 3.05) is 26.2 Å². The summed E-state index contributed by atoms with van der Waals surface area (Å²) >= 11 is 6.03. The van der Waals surface area contributed by atoms with Crippen LogP contribution in [0, 0.1) is 0 Å². The molecule has 0 aliphatic carbocycles. The van der Waals surface area contributed by atoms with Gasteiger partial charge in [-0.3, -0.25) is 9.59 Å². The average Bonchev–Trinajstić information content (AvgIpc) is 3.00. The SMILES string of the molecule is CCN(CC)CCN1C(=O)C(=O)C(=C(O)c2ccccc2)[C@@H]1c1ccc(Cl)cc1. The van der Waals surface area contributed by atoms with E-state index in [-0.39, 0.29) is 11.3 Å². The Hall–Kier alpha value is -2.63. The van der Waals surface area contributed by atoms with E-state index in [0.717, 1.165) is 18.7 Å². The largest absolute Gasteiger partial charge is 0.507 e. The van der Waals surface area contributed by atoms with E-state index in [9.17, 15) is 14.7 Å². The number of Topliss-reactive ketones (excluding diaryl/α,β-unsaturated/α-hetero) is 1. The van der Waals surface area contributed by atoms with Gasteiger partial charge in [-0.15, -0.1) is 0 Å². The predicted octanol–water partition coefficient (Wildman–Crippen LogP) is 4.10. The standard InChI is InChI=1S/C23H25ClN2O3/c1-3-25(4-2)14-15-26-20(16-10-12-18(24)13-11-16)19(22(28)23(26)29)21(27)17-8-6-5-7-9-17/h5-13,20,27H,3-4,14-15H2,1-2H3/t20-/m0/s1. The van der Waals surface area contributed by atoms with Crippen molar-refractivity contribution in [1.82, 2.24) is 9.80 Å². The molecule has 0 saturated carbocycles. The van der Waals surface area contributed by atoms with E-state index >= 15 is 0 Å². The number of hydrogen-bond donors (Lipinski definition) is 1. The first-order chi connectivity index (χ1) is 14.0. The summed E-state index contributed by atoms with van der Waals surface area (Å²) in [4.78, 5) is 29.5. The van der Waals surface area contributed by atoms with Crippen LogP contribution >= 0.6 is 11.6 Å². The molecule has 5 nitrogen and oxygen atoms in total. The van der Waals surface area contributed by atoms with Crippen LogP contribution in [0.4, 0.5) is 0 Å². The van der Waals surface area contributed by atoms with Crippen LogP contribution < -0.4 is 0 Å². The minimum absolute atomic E-state index is 0.114. The molecule has 1 aliphatic rings. The van der Waals surface area contributed by atoms with E-state index in [0.29, 0.717) is 23.7 Å². The number of aliphatic hydroxyl groups excluding tert-OH is 1. The van der Waals surface area contributed by atoms with Crippen molar-refractivity contribution >= 4 is 29.1 Å². The number of amides is 1. The van der Waals surface area contributed by atoms with Crippen molar-refractivity contribution in [1.29, 1.82) is 0 Å². The number of rotatable bonds is 7. The van der Waals surface area contributed by atoms with Crippen molar-refractivity contribution in [3.63, 3.8) is 0 Å². The Balaban J connectivity index is 2.07. The summed E-state index contributed by atoms with van der Waals surface area (Å²) in [5, 5.41) is 11.5. The van der Waals surface area contributed by atoms with Crippen LogP contribution in [-0.4, -0.2) is 52.8 Å². The molecule has 3 rings (SSSR count). The van der Waals surface area contributed by atoms with Gasteiger partial charge >= 0.3 is 0 Å². The molecule has 0 spiro atoms. The molecule has 6 heteroatoms. The minimum atomic E-state index is -0.661. The Kier molecular flexibility index (Phi) is 6.72. The van der Waals surface area contributed by atoms with Crippen LogP contribution in [0.2, 0.25) is 5.02 Å². The van der Waals surface area contributed by atoms with Crippen molar-refractivity contribution in [3.8, 4) is 0 Å². The molecule has 29 heavy (non-hydrogen) atoms. The van der Waals surface area contributed by atoms with E-state index in [1.54, 1.807) is 53.4 Å². The predicted molar refractivity (Wildman–Crippen MR) is 115 cm³/mol. The molecule has 2 aromatic carbocycles. The second-order valence-corrected chi connectivity index (χ2v) is 7.37. The summed E-state index contributed by atoms with van der Waals surface area (Å²) in [5.74, 6) is -1.41. The van der Waals surface area contributed by atoms with Gasteiger partial charge in [-0.05, 0) is 30.8 Å². The fraction of sp³-hybridized carbons (Fsp3) is 0.304. The summed E-state index contributed by atoms with van der Waals surface area (Å²) in [5.41, 5.74) is 1.36. The zero-order chi connectivity index (χ0) is 21.0. The highest BCUT2D eigenvalue weighted by molar-refractivity contribution is 6.46. The molecule has 1 saturated heterocycles. The third kappa shape index (κ3) is 4.36. The lowest BCUT2D eigenvalue weighted by Crippen LogP contribution is -2.38. The van der Waals surface area contributed by atoms with Crippen molar-refractivity contribution in [3.05, 3.63) is 76.3 Å². The number of likely N-dealkylation sites (N-methyl/N-ethyl adjacent to an activating group) is 1. The molecule has 1 N–H and O–H groups in total. The Morgan fingerprint density at radius 3 is 2.24 bits per heavy atom. The highest BCUT2D eigenvalue weighted by Gasteiger charge is 2.45. The average molecular weight is 413 g/mol. The normalized spacial score (nSPS) is 18.6. The summed E-state index contributed by atoms with van der Waals surface area (Å²) in [6.07, 6.45) is 0. The minimum Gasteiger partial charge on any atom is -0.507 e. The van der Waals surface area contributed by atoms with Crippen molar-refractivity contribution in [2.45, 2.75) is 19.9 Å². The lowest BCUT2D eigenvalue weighted by atomic mass is 9.95. The Labute approximate surface area is 176 Å². The lowest BCUT2D eigenvalue weighted by molar-refractivity contribution is -0.140. The maximum absolute atomic E-state index is 12.9. The zero-order valence-corrected chi connectivity index (χ0v) is 17.4. The molecule has 0 unspecified atom stereocenters. The zero-order valence-electron chi connectivity index (χ0n) is 16.6. The number of benzene rings is 2. The van der Waals surface area contributed by atoms with Gasteiger partial charge < -0.3 is 14.9 Å². The third-order valence-electron chi connectivity index (χ3n) is 5.32. The second-order valence-electron chi connectivity index (χ2n) is 6.94. The van der Waals surface area contributed by atoms with Gasteiger partial charge in [0.2, 0.25) is 0 Å². The Morgan fingerprint density at radius 1 is 1.03 bits per heavy atom. The molecule has 1 fully saturated rings. The number of ketones is 1. The monoisotopic (exact) mass is 412 g/mol. The Morgan fingerprint density at radius 2 is 1.66 bits per heavy atom. The van der Waals surface area contributed by atoms with Gasteiger partial charge in [0.05, 0.1) is 11.6 Å². The maximum Gasteiger partial charge on any atom is 0.295 e. The number of carbonyl (C=O) groups excluding carboxylic acids is 2. The van der Waals surface area contributed by atoms with Crippen LogP contribution in [0.15, 0.2) is 60.2 Å². The van der Waals surface area contributed by atoms with Gasteiger partial charge in [0.1, 0.15) is 5.76 Å². The van der Waals surface area contributed by atoms with E-state index in [1.807, 2.05) is 6.07 Å². The first-order valence-corrected chi connectivity index (χ1v) is 10.2. The first-order valence-electron chi connectivity index (χ1n) is 9.79. The van der Waals surface area contributed by atoms with Gasteiger partial charge in [0.25, 0.3) is 11.7 Å². The topological polar surface area (TPSA) is 60.9 Å². The summed E-state index contributed by atoms with van der Waals surface area (Å²) in [6, 6.07) is 15.2. The van der Waals surface area contributed by atoms with Crippen molar-refractivity contribution < 1.29 is 14.7 Å². The molecule has 2 aromatic rings. The van der Waals surface area contributed by atoms with E-state index in [1.165, 1.54) is 0 Å². The second kappa shape index (κ2) is 9.25. The number of hydrogen-bond acceptors (Lipinski definition) is 4. The van der Waals surface area contributed by atoms with Gasteiger partial charge in [-0.25, -0.2) is 0 Å². The summed E-state index contributed by atoms with van der Waals surface area (Å²) in [7, 11) is 0. The van der Waals surface area contributed by atoms with Gasteiger partial charge in [-0.2, -0.15) is 0 Å². The van der Waals surface area contributed by atoms with Crippen LogP contribution in [0.25, 0.3) is 5.76 Å². The number of aliphatic hydroxyl groups is 1. The number of likely N-dealkylation sites (tertiary alicyclic amines) is 1. The molecular formula is C23H25ClN2O3. The summed E-state index contributed by atoms with van der Waals surface area (Å²) in [6.45, 7) is 6.88. The van der Waals surface area contributed by atoms with E-state index < -0.39 is 17.7 Å². The fourth-order valence-electron chi connectivity index (χ4n) is 3.64. The summed E-state index contributed by atoms with van der Waals surface area (Å²) < 4.78 is 0. The quantitative estimate of drug-likeness (QED) is 0.422.